The zero-order chi connectivity index (χ0) is 12.0. The first-order chi connectivity index (χ1) is 7.67. The van der Waals surface area contributed by atoms with Crippen LogP contribution in [-0.4, -0.2) is 37.6 Å². The summed E-state index contributed by atoms with van der Waals surface area (Å²) in [7, 11) is 2.32. The van der Waals surface area contributed by atoms with Crippen molar-refractivity contribution in [2.24, 2.45) is 5.41 Å². The molecule has 0 aliphatic carbocycles. The summed E-state index contributed by atoms with van der Waals surface area (Å²) in [5.74, 6) is 0. The maximum Gasteiger partial charge on any atom is 0.00871 e. The lowest BCUT2D eigenvalue weighted by Gasteiger charge is -2.42. The molecule has 1 saturated heterocycles. The Labute approximate surface area is 102 Å². The SMILES string of the molecule is CCC(CC)N(C)CC1(CC)CCNCC1. The third-order valence-corrected chi connectivity index (χ3v) is 4.56. The van der Waals surface area contributed by atoms with E-state index in [9.17, 15) is 0 Å². The number of rotatable bonds is 6. The Hall–Kier alpha value is -0.0800. The normalized spacial score (nSPS) is 20.6. The van der Waals surface area contributed by atoms with E-state index in [1.54, 1.807) is 0 Å². The molecule has 96 valence electrons. The molecule has 0 amide bonds. The van der Waals surface area contributed by atoms with Gasteiger partial charge in [-0.2, -0.15) is 0 Å². The van der Waals surface area contributed by atoms with Crippen LogP contribution in [0.15, 0.2) is 0 Å². The van der Waals surface area contributed by atoms with Gasteiger partial charge in [-0.25, -0.2) is 0 Å². The van der Waals surface area contributed by atoms with Crippen LogP contribution in [0.1, 0.15) is 52.9 Å². The molecule has 0 aromatic carbocycles. The van der Waals surface area contributed by atoms with Crippen LogP contribution < -0.4 is 5.32 Å². The van der Waals surface area contributed by atoms with Crippen LogP contribution in [0.3, 0.4) is 0 Å². The maximum atomic E-state index is 3.49. The molecule has 0 bridgehead atoms. The van der Waals surface area contributed by atoms with Crippen LogP contribution in [0.4, 0.5) is 0 Å². The smallest absolute Gasteiger partial charge is 0.00871 e. The summed E-state index contributed by atoms with van der Waals surface area (Å²) in [6, 6.07) is 0.776. The Morgan fingerprint density at radius 1 is 1.12 bits per heavy atom. The topological polar surface area (TPSA) is 15.3 Å². The molecule has 1 aliphatic heterocycles. The van der Waals surface area contributed by atoms with Gasteiger partial charge in [0.25, 0.3) is 0 Å². The highest BCUT2D eigenvalue weighted by Gasteiger charge is 2.32. The van der Waals surface area contributed by atoms with E-state index in [-0.39, 0.29) is 0 Å². The van der Waals surface area contributed by atoms with Crippen molar-refractivity contribution in [1.82, 2.24) is 10.2 Å². The fraction of sp³-hybridized carbons (Fsp3) is 1.00. The van der Waals surface area contributed by atoms with Gasteiger partial charge in [-0.05, 0) is 57.7 Å². The summed E-state index contributed by atoms with van der Waals surface area (Å²) in [5, 5.41) is 3.49. The largest absolute Gasteiger partial charge is 0.317 e. The Bertz CT molecular complexity index is 181. The van der Waals surface area contributed by atoms with E-state index in [4.69, 9.17) is 0 Å². The predicted octanol–water partition coefficient (Wildman–Crippen LogP) is 2.89. The van der Waals surface area contributed by atoms with Gasteiger partial charge in [0.05, 0.1) is 0 Å². The zero-order valence-electron chi connectivity index (χ0n) is 11.7. The highest BCUT2D eigenvalue weighted by Crippen LogP contribution is 2.33. The highest BCUT2D eigenvalue weighted by atomic mass is 15.1. The molecule has 0 aromatic heterocycles. The van der Waals surface area contributed by atoms with E-state index < -0.39 is 0 Å². The van der Waals surface area contributed by atoms with E-state index in [1.807, 2.05) is 0 Å². The van der Waals surface area contributed by atoms with Gasteiger partial charge in [-0.3, -0.25) is 0 Å². The van der Waals surface area contributed by atoms with Crippen molar-refractivity contribution in [3.63, 3.8) is 0 Å². The third-order valence-electron chi connectivity index (χ3n) is 4.56. The zero-order valence-corrected chi connectivity index (χ0v) is 11.7. The van der Waals surface area contributed by atoms with Crippen molar-refractivity contribution in [2.75, 3.05) is 26.7 Å². The van der Waals surface area contributed by atoms with Gasteiger partial charge in [0.15, 0.2) is 0 Å². The van der Waals surface area contributed by atoms with Crippen LogP contribution >= 0.6 is 0 Å². The van der Waals surface area contributed by atoms with Gasteiger partial charge in [0.2, 0.25) is 0 Å². The molecular formula is C14H30N2. The number of hydrogen-bond donors (Lipinski definition) is 1. The molecule has 2 heteroatoms. The Morgan fingerprint density at radius 2 is 1.69 bits per heavy atom. The number of hydrogen-bond acceptors (Lipinski definition) is 2. The third kappa shape index (κ3) is 3.46. The Balaban J connectivity index is 2.54. The molecule has 0 atom stereocenters. The minimum atomic E-state index is 0.586. The average Bonchev–Trinajstić information content (AvgIpc) is 2.32. The van der Waals surface area contributed by atoms with E-state index >= 15 is 0 Å². The van der Waals surface area contributed by atoms with Gasteiger partial charge < -0.3 is 10.2 Å². The summed E-state index contributed by atoms with van der Waals surface area (Å²) in [6.45, 7) is 10.7. The molecule has 0 unspecified atom stereocenters. The number of nitrogens with zero attached hydrogens (tertiary/aromatic N) is 1. The van der Waals surface area contributed by atoms with Gasteiger partial charge in [0, 0.05) is 12.6 Å². The summed E-state index contributed by atoms with van der Waals surface area (Å²) in [4.78, 5) is 2.61. The second-order valence-corrected chi connectivity index (χ2v) is 5.49. The van der Waals surface area contributed by atoms with Gasteiger partial charge in [0.1, 0.15) is 0 Å². The fourth-order valence-corrected chi connectivity index (χ4v) is 3.15. The summed E-state index contributed by atoms with van der Waals surface area (Å²) in [6.07, 6.45) is 6.61. The molecule has 0 saturated carbocycles. The Morgan fingerprint density at radius 3 is 2.12 bits per heavy atom. The number of piperidine rings is 1. The van der Waals surface area contributed by atoms with Crippen molar-refractivity contribution in [3.05, 3.63) is 0 Å². The summed E-state index contributed by atoms with van der Waals surface area (Å²) in [5.41, 5.74) is 0.586. The van der Waals surface area contributed by atoms with Gasteiger partial charge >= 0.3 is 0 Å². The first-order valence-corrected chi connectivity index (χ1v) is 7.08. The molecule has 0 spiro atoms. The molecule has 2 nitrogen and oxygen atoms in total. The van der Waals surface area contributed by atoms with Crippen LogP contribution in [0.2, 0.25) is 0 Å². The van der Waals surface area contributed by atoms with E-state index in [0.717, 1.165) is 6.04 Å². The molecular weight excluding hydrogens is 196 g/mol. The quantitative estimate of drug-likeness (QED) is 0.749. The van der Waals surface area contributed by atoms with Crippen molar-refractivity contribution in [3.8, 4) is 0 Å². The molecule has 1 aliphatic rings. The standard InChI is InChI=1S/C14H30N2/c1-5-13(6-2)16(4)12-14(7-3)8-10-15-11-9-14/h13,15H,5-12H2,1-4H3. The fourth-order valence-electron chi connectivity index (χ4n) is 3.15. The minimum Gasteiger partial charge on any atom is -0.317 e. The lowest BCUT2D eigenvalue weighted by molar-refractivity contribution is 0.0933. The van der Waals surface area contributed by atoms with Crippen LogP contribution in [0.5, 0.6) is 0 Å². The van der Waals surface area contributed by atoms with Crippen LogP contribution in [-0.2, 0) is 0 Å². The summed E-state index contributed by atoms with van der Waals surface area (Å²) < 4.78 is 0. The predicted molar refractivity (Wildman–Crippen MR) is 71.8 cm³/mol. The summed E-state index contributed by atoms with van der Waals surface area (Å²) >= 11 is 0. The molecule has 0 radical (unpaired) electrons. The average molecular weight is 226 g/mol. The van der Waals surface area contributed by atoms with E-state index in [0.29, 0.717) is 5.41 Å². The Kier molecular flexibility index (Phi) is 5.77. The molecule has 0 aromatic rings. The first kappa shape index (κ1) is 14.0. The van der Waals surface area contributed by atoms with Crippen molar-refractivity contribution in [2.45, 2.75) is 58.9 Å². The number of nitrogens with one attached hydrogen (secondary N) is 1. The lowest BCUT2D eigenvalue weighted by Crippen LogP contribution is -2.46. The van der Waals surface area contributed by atoms with Gasteiger partial charge in [-0.15, -0.1) is 0 Å². The van der Waals surface area contributed by atoms with Crippen molar-refractivity contribution in [1.29, 1.82) is 0 Å². The van der Waals surface area contributed by atoms with Crippen molar-refractivity contribution < 1.29 is 0 Å². The highest BCUT2D eigenvalue weighted by molar-refractivity contribution is 4.87. The van der Waals surface area contributed by atoms with Gasteiger partial charge in [-0.1, -0.05) is 20.8 Å². The first-order valence-electron chi connectivity index (χ1n) is 7.08. The van der Waals surface area contributed by atoms with Crippen molar-refractivity contribution >= 4 is 0 Å². The minimum absolute atomic E-state index is 0.586. The molecule has 1 heterocycles. The van der Waals surface area contributed by atoms with E-state index in [2.05, 4.69) is 38.0 Å². The van der Waals surface area contributed by atoms with Crippen LogP contribution in [0, 0.1) is 5.41 Å². The second-order valence-electron chi connectivity index (χ2n) is 5.49. The lowest BCUT2D eigenvalue weighted by atomic mass is 9.76. The van der Waals surface area contributed by atoms with E-state index in [1.165, 1.54) is 51.7 Å². The maximum absolute atomic E-state index is 3.49. The molecule has 1 rings (SSSR count). The molecule has 16 heavy (non-hydrogen) atoms. The monoisotopic (exact) mass is 226 g/mol. The second kappa shape index (κ2) is 6.61. The van der Waals surface area contributed by atoms with Crippen LogP contribution in [0.25, 0.3) is 0 Å². The molecule has 1 N–H and O–H groups in total. The molecule has 1 fully saturated rings.